The summed E-state index contributed by atoms with van der Waals surface area (Å²) in [5.41, 5.74) is 0. The van der Waals surface area contributed by atoms with Crippen LogP contribution in [-0.2, 0) is 4.74 Å². The van der Waals surface area contributed by atoms with Crippen molar-refractivity contribution in [1.29, 1.82) is 0 Å². The molecule has 0 bridgehead atoms. The lowest BCUT2D eigenvalue weighted by Gasteiger charge is -2.25. The second kappa shape index (κ2) is 2.25. The Balaban J connectivity index is 1.97. The Kier molecular flexibility index (Phi) is 1.41. The van der Waals surface area contributed by atoms with E-state index in [-0.39, 0.29) is 0 Å². The van der Waals surface area contributed by atoms with Gasteiger partial charge in [0.05, 0.1) is 12.7 Å². The molecule has 2 saturated heterocycles. The van der Waals surface area contributed by atoms with Crippen LogP contribution in [-0.4, -0.2) is 38.4 Å². The van der Waals surface area contributed by atoms with Crippen molar-refractivity contribution in [3.05, 3.63) is 0 Å². The molecule has 0 spiro atoms. The van der Waals surface area contributed by atoms with Crippen molar-refractivity contribution in [3.63, 3.8) is 0 Å². The van der Waals surface area contributed by atoms with Gasteiger partial charge in [-0.15, -0.1) is 0 Å². The molecular weight excluding hydrogens is 116 g/mol. The van der Waals surface area contributed by atoms with Crippen LogP contribution in [0.1, 0.15) is 0 Å². The minimum Gasteiger partial charge on any atom is -0.374 e. The van der Waals surface area contributed by atoms with E-state index in [1.165, 1.54) is 0 Å². The van der Waals surface area contributed by atoms with E-state index in [0.717, 1.165) is 26.2 Å². The molecule has 2 aliphatic heterocycles. The van der Waals surface area contributed by atoms with Crippen molar-refractivity contribution in [2.45, 2.75) is 12.1 Å². The molecule has 2 fully saturated rings. The summed E-state index contributed by atoms with van der Waals surface area (Å²) in [5.74, 6) is 0. The average molecular weight is 128 g/mol. The molecule has 2 heterocycles. The summed E-state index contributed by atoms with van der Waals surface area (Å²) in [6.07, 6.45) is 0.443. The predicted molar refractivity (Wildman–Crippen MR) is 34.4 cm³/mol. The number of nitrogens with one attached hydrogen (secondary N) is 2. The van der Waals surface area contributed by atoms with Gasteiger partial charge in [0.1, 0.15) is 0 Å². The third-order valence-corrected chi connectivity index (χ3v) is 2.00. The summed E-state index contributed by atoms with van der Waals surface area (Å²) >= 11 is 0. The van der Waals surface area contributed by atoms with Gasteiger partial charge in [-0.05, 0) is 0 Å². The fraction of sp³-hybridized carbons (Fsp3) is 1.00. The average Bonchev–Trinajstić information content (AvgIpc) is 2.33. The monoisotopic (exact) mass is 128 g/mol. The van der Waals surface area contributed by atoms with E-state index in [2.05, 4.69) is 10.6 Å². The maximum Gasteiger partial charge on any atom is 0.0865 e. The third kappa shape index (κ3) is 0.956. The minimum absolute atomic E-state index is 0.443. The number of fused-ring (bicyclic) bond motifs is 1. The molecule has 0 saturated carbocycles. The van der Waals surface area contributed by atoms with E-state index < -0.39 is 0 Å². The second-order valence-electron chi connectivity index (χ2n) is 2.63. The molecule has 0 aromatic heterocycles. The SMILES string of the molecule is C1COC2CNCC2N1. The van der Waals surface area contributed by atoms with Crippen molar-refractivity contribution in [2.75, 3.05) is 26.2 Å². The van der Waals surface area contributed by atoms with Crippen LogP contribution in [0.4, 0.5) is 0 Å². The highest BCUT2D eigenvalue weighted by Gasteiger charge is 2.29. The van der Waals surface area contributed by atoms with Crippen LogP contribution in [0.3, 0.4) is 0 Å². The Morgan fingerprint density at radius 3 is 3.22 bits per heavy atom. The zero-order chi connectivity index (χ0) is 6.10. The molecule has 0 aromatic rings. The van der Waals surface area contributed by atoms with E-state index in [4.69, 9.17) is 4.74 Å². The van der Waals surface area contributed by atoms with Gasteiger partial charge < -0.3 is 15.4 Å². The summed E-state index contributed by atoms with van der Waals surface area (Å²) in [4.78, 5) is 0. The Morgan fingerprint density at radius 1 is 1.33 bits per heavy atom. The number of hydrogen-bond acceptors (Lipinski definition) is 3. The predicted octanol–water partition coefficient (Wildman–Crippen LogP) is -1.05. The van der Waals surface area contributed by atoms with Crippen LogP contribution < -0.4 is 10.6 Å². The molecule has 2 aliphatic rings. The van der Waals surface area contributed by atoms with E-state index in [1.54, 1.807) is 0 Å². The van der Waals surface area contributed by atoms with Crippen molar-refractivity contribution in [2.24, 2.45) is 0 Å². The molecule has 0 amide bonds. The summed E-state index contributed by atoms with van der Waals surface area (Å²) in [6.45, 7) is 3.99. The van der Waals surface area contributed by atoms with Crippen LogP contribution in [0.2, 0.25) is 0 Å². The van der Waals surface area contributed by atoms with Gasteiger partial charge in [0, 0.05) is 25.7 Å². The lowest BCUT2D eigenvalue weighted by molar-refractivity contribution is 0.0207. The molecule has 3 heteroatoms. The van der Waals surface area contributed by atoms with Crippen molar-refractivity contribution < 1.29 is 4.74 Å². The summed E-state index contributed by atoms with van der Waals surface area (Å²) < 4.78 is 5.48. The highest BCUT2D eigenvalue weighted by molar-refractivity contribution is 4.89. The Labute approximate surface area is 54.8 Å². The topological polar surface area (TPSA) is 33.3 Å². The van der Waals surface area contributed by atoms with Crippen molar-refractivity contribution >= 4 is 0 Å². The van der Waals surface area contributed by atoms with Gasteiger partial charge in [-0.2, -0.15) is 0 Å². The van der Waals surface area contributed by atoms with E-state index in [1.807, 2.05) is 0 Å². The number of rotatable bonds is 0. The van der Waals surface area contributed by atoms with Crippen LogP contribution in [0.25, 0.3) is 0 Å². The van der Waals surface area contributed by atoms with Crippen LogP contribution in [0.15, 0.2) is 0 Å². The Morgan fingerprint density at radius 2 is 2.33 bits per heavy atom. The molecule has 2 rings (SSSR count). The van der Waals surface area contributed by atoms with E-state index in [0.29, 0.717) is 12.1 Å². The molecule has 2 N–H and O–H groups in total. The lowest BCUT2D eigenvalue weighted by atomic mass is 10.2. The van der Waals surface area contributed by atoms with Crippen LogP contribution >= 0.6 is 0 Å². The molecule has 52 valence electrons. The van der Waals surface area contributed by atoms with Gasteiger partial charge in [0.15, 0.2) is 0 Å². The molecule has 9 heavy (non-hydrogen) atoms. The molecular formula is C6H12N2O. The van der Waals surface area contributed by atoms with Gasteiger partial charge >= 0.3 is 0 Å². The highest BCUT2D eigenvalue weighted by atomic mass is 16.5. The molecule has 2 atom stereocenters. The van der Waals surface area contributed by atoms with Gasteiger partial charge in [0.2, 0.25) is 0 Å². The Hall–Kier alpha value is -0.120. The standard InChI is InChI=1S/C6H12N2O/c1-2-9-6-4-7-3-5(6)8-1/h5-8H,1-4H2. The molecule has 3 nitrogen and oxygen atoms in total. The van der Waals surface area contributed by atoms with Gasteiger partial charge in [-0.25, -0.2) is 0 Å². The second-order valence-corrected chi connectivity index (χ2v) is 2.63. The summed E-state index contributed by atoms with van der Waals surface area (Å²) in [7, 11) is 0. The number of hydrogen-bond donors (Lipinski definition) is 2. The first-order chi connectivity index (χ1) is 4.47. The van der Waals surface area contributed by atoms with Crippen LogP contribution in [0.5, 0.6) is 0 Å². The van der Waals surface area contributed by atoms with Crippen molar-refractivity contribution in [1.82, 2.24) is 10.6 Å². The zero-order valence-corrected chi connectivity index (χ0v) is 5.39. The highest BCUT2D eigenvalue weighted by Crippen LogP contribution is 2.07. The minimum atomic E-state index is 0.443. The first-order valence-electron chi connectivity index (χ1n) is 3.52. The summed E-state index contributed by atoms with van der Waals surface area (Å²) in [6, 6.07) is 0.582. The number of morpholine rings is 1. The van der Waals surface area contributed by atoms with Gasteiger partial charge in [-0.3, -0.25) is 0 Å². The third-order valence-electron chi connectivity index (χ3n) is 2.00. The Bertz CT molecular complexity index is 95.2. The van der Waals surface area contributed by atoms with Gasteiger partial charge in [0.25, 0.3) is 0 Å². The largest absolute Gasteiger partial charge is 0.374 e. The maximum atomic E-state index is 5.48. The van der Waals surface area contributed by atoms with E-state index >= 15 is 0 Å². The quantitative estimate of drug-likeness (QED) is 0.436. The maximum absolute atomic E-state index is 5.48. The molecule has 0 radical (unpaired) electrons. The first kappa shape index (κ1) is 5.65. The lowest BCUT2D eigenvalue weighted by Crippen LogP contribution is -2.47. The molecule has 0 aliphatic carbocycles. The normalized spacial score (nSPS) is 42.7. The molecule has 0 aromatic carbocycles. The van der Waals surface area contributed by atoms with Gasteiger partial charge in [-0.1, -0.05) is 0 Å². The first-order valence-corrected chi connectivity index (χ1v) is 3.52. The zero-order valence-electron chi connectivity index (χ0n) is 5.39. The summed E-state index contributed by atoms with van der Waals surface area (Å²) in [5, 5.41) is 6.67. The molecule has 2 unspecified atom stereocenters. The number of ether oxygens (including phenoxy) is 1. The fourth-order valence-electron chi connectivity index (χ4n) is 1.49. The van der Waals surface area contributed by atoms with Crippen LogP contribution in [0, 0.1) is 0 Å². The smallest absolute Gasteiger partial charge is 0.0865 e. The van der Waals surface area contributed by atoms with E-state index in [9.17, 15) is 0 Å². The van der Waals surface area contributed by atoms with Crippen molar-refractivity contribution in [3.8, 4) is 0 Å². The fourth-order valence-corrected chi connectivity index (χ4v) is 1.49.